The first kappa shape index (κ1) is 24.5. The summed E-state index contributed by atoms with van der Waals surface area (Å²) < 4.78 is 14.0. The van der Waals surface area contributed by atoms with Gasteiger partial charge in [-0.05, 0) is 61.6 Å². The van der Waals surface area contributed by atoms with E-state index in [4.69, 9.17) is 0 Å². The molecule has 0 bridgehead atoms. The van der Waals surface area contributed by atoms with E-state index in [1.807, 2.05) is 6.07 Å². The summed E-state index contributed by atoms with van der Waals surface area (Å²) in [5, 5.41) is 3.01. The zero-order valence-electron chi connectivity index (χ0n) is 20.0. The van der Waals surface area contributed by atoms with Gasteiger partial charge in [0, 0.05) is 42.7 Å². The van der Waals surface area contributed by atoms with E-state index in [2.05, 4.69) is 24.1 Å². The van der Waals surface area contributed by atoms with Crippen LogP contribution in [0.25, 0.3) is 6.08 Å². The van der Waals surface area contributed by atoms with Gasteiger partial charge in [0.15, 0.2) is 0 Å². The van der Waals surface area contributed by atoms with Crippen molar-refractivity contribution in [1.29, 1.82) is 0 Å². The van der Waals surface area contributed by atoms with Crippen molar-refractivity contribution in [3.8, 4) is 0 Å². The molecule has 4 rings (SSSR count). The van der Waals surface area contributed by atoms with Crippen LogP contribution in [0.5, 0.6) is 0 Å². The molecule has 34 heavy (non-hydrogen) atoms. The van der Waals surface area contributed by atoms with Crippen molar-refractivity contribution in [1.82, 2.24) is 10.2 Å². The number of benzene rings is 2. The number of likely N-dealkylation sites (tertiary alicyclic amines) is 1. The fraction of sp³-hybridized carbons (Fsp3) is 0.407. The van der Waals surface area contributed by atoms with Gasteiger partial charge in [0.1, 0.15) is 5.82 Å². The number of hydrogen-bond acceptors (Lipinski definition) is 4. The maximum atomic E-state index is 14.0. The Morgan fingerprint density at radius 3 is 2.65 bits per heavy atom. The molecule has 0 spiro atoms. The summed E-state index contributed by atoms with van der Waals surface area (Å²) in [4.78, 5) is 30.9. The largest absolute Gasteiger partial charge is 0.352 e. The second-order valence-electron chi connectivity index (χ2n) is 9.49. The number of amides is 2. The van der Waals surface area contributed by atoms with E-state index < -0.39 is 0 Å². The van der Waals surface area contributed by atoms with Gasteiger partial charge in [0.2, 0.25) is 0 Å². The Bertz CT molecular complexity index is 1090. The second-order valence-corrected chi connectivity index (χ2v) is 10.6. The van der Waals surface area contributed by atoms with Crippen LogP contribution in [0.3, 0.4) is 0 Å². The van der Waals surface area contributed by atoms with Crippen molar-refractivity contribution >= 4 is 35.3 Å². The van der Waals surface area contributed by atoms with Crippen LogP contribution in [0, 0.1) is 17.7 Å². The van der Waals surface area contributed by atoms with Gasteiger partial charge >= 0.3 is 0 Å². The molecular formula is C27H32FN3O2S. The molecule has 2 aliphatic heterocycles. The third-order valence-electron chi connectivity index (χ3n) is 6.39. The Morgan fingerprint density at radius 2 is 1.91 bits per heavy atom. The number of thioether (sulfide) groups is 1. The third kappa shape index (κ3) is 5.70. The highest BCUT2D eigenvalue weighted by Crippen LogP contribution is 2.42. The van der Waals surface area contributed by atoms with E-state index in [0.29, 0.717) is 28.3 Å². The number of nitrogens with zero attached hydrogens (tertiary/aromatic N) is 2. The monoisotopic (exact) mass is 481 g/mol. The van der Waals surface area contributed by atoms with Crippen molar-refractivity contribution in [2.45, 2.75) is 31.6 Å². The lowest BCUT2D eigenvalue weighted by molar-refractivity contribution is -0.114. The minimum absolute atomic E-state index is 0.137. The number of fused-ring (bicyclic) bond motifs is 1. The summed E-state index contributed by atoms with van der Waals surface area (Å²) in [6.45, 7) is 8.49. The maximum Gasteiger partial charge on any atom is 0.264 e. The number of anilines is 1. The molecule has 1 N–H and O–H groups in total. The van der Waals surface area contributed by atoms with Crippen molar-refractivity contribution in [3.05, 3.63) is 64.3 Å². The van der Waals surface area contributed by atoms with E-state index in [9.17, 15) is 14.0 Å². The Hall–Kier alpha value is -2.64. The Balaban J connectivity index is 1.37. The number of piperidine rings is 1. The minimum atomic E-state index is -0.367. The quantitative estimate of drug-likeness (QED) is 0.464. The number of rotatable bonds is 6. The van der Waals surface area contributed by atoms with E-state index >= 15 is 0 Å². The predicted octanol–water partition coefficient (Wildman–Crippen LogP) is 5.03. The number of carbonyl (C=O) groups excluding carboxylic acids is 2. The van der Waals surface area contributed by atoms with Gasteiger partial charge in [-0.15, -0.1) is 0 Å². The fourth-order valence-electron chi connectivity index (χ4n) is 4.85. The summed E-state index contributed by atoms with van der Waals surface area (Å²) in [6.07, 6.45) is 3.78. The molecule has 2 aromatic carbocycles. The van der Waals surface area contributed by atoms with E-state index in [1.54, 1.807) is 43.5 Å². The van der Waals surface area contributed by atoms with Gasteiger partial charge < -0.3 is 15.1 Å². The molecule has 1 saturated heterocycles. The van der Waals surface area contributed by atoms with Crippen LogP contribution in [-0.2, 0) is 4.79 Å². The second kappa shape index (κ2) is 10.7. The van der Waals surface area contributed by atoms with E-state index in [1.165, 1.54) is 29.1 Å². The van der Waals surface area contributed by atoms with Crippen LogP contribution in [-0.4, -0.2) is 49.9 Å². The molecule has 0 saturated carbocycles. The highest BCUT2D eigenvalue weighted by atomic mass is 32.2. The maximum absolute atomic E-state index is 14.0. The third-order valence-corrected chi connectivity index (χ3v) is 7.47. The molecule has 1 fully saturated rings. The Morgan fingerprint density at radius 1 is 1.18 bits per heavy atom. The normalized spacial score (nSPS) is 22.1. The Labute approximate surface area is 205 Å². The van der Waals surface area contributed by atoms with E-state index in [-0.39, 0.29) is 17.6 Å². The molecule has 2 unspecified atom stereocenters. The molecule has 2 aliphatic rings. The van der Waals surface area contributed by atoms with Crippen LogP contribution < -0.4 is 10.2 Å². The molecular weight excluding hydrogens is 449 g/mol. The molecule has 0 aromatic heterocycles. The fourth-order valence-corrected chi connectivity index (χ4v) is 5.93. The zero-order valence-corrected chi connectivity index (χ0v) is 20.8. The first-order valence-corrected chi connectivity index (χ1v) is 12.7. The Kier molecular flexibility index (Phi) is 7.73. The molecule has 2 amide bonds. The van der Waals surface area contributed by atoms with Crippen molar-refractivity contribution in [2.75, 3.05) is 38.1 Å². The molecule has 0 aliphatic carbocycles. The first-order valence-electron chi connectivity index (χ1n) is 11.9. The lowest BCUT2D eigenvalue weighted by Crippen LogP contribution is -2.40. The number of halogens is 1. The number of hydrogen-bond donors (Lipinski definition) is 1. The summed E-state index contributed by atoms with van der Waals surface area (Å²) >= 11 is 1.30. The predicted molar refractivity (Wildman–Crippen MR) is 136 cm³/mol. The molecule has 5 nitrogen and oxygen atoms in total. The highest BCUT2D eigenvalue weighted by Gasteiger charge is 2.27. The summed E-state index contributed by atoms with van der Waals surface area (Å²) in [5.41, 5.74) is 1.59. The van der Waals surface area contributed by atoms with Crippen LogP contribution in [0.2, 0.25) is 0 Å². The lowest BCUT2D eigenvalue weighted by Gasteiger charge is -2.34. The zero-order chi connectivity index (χ0) is 24.2. The lowest BCUT2D eigenvalue weighted by atomic mass is 9.92. The summed E-state index contributed by atoms with van der Waals surface area (Å²) in [6, 6.07) is 11.8. The average Bonchev–Trinajstić information content (AvgIpc) is 2.80. The minimum Gasteiger partial charge on any atom is -0.352 e. The first-order chi connectivity index (χ1) is 16.3. The smallest absolute Gasteiger partial charge is 0.264 e. The highest BCUT2D eigenvalue weighted by molar-refractivity contribution is 8.04. The van der Waals surface area contributed by atoms with Crippen LogP contribution in [0.1, 0.15) is 42.6 Å². The topological polar surface area (TPSA) is 52.7 Å². The number of carbonyl (C=O) groups is 2. The van der Waals surface area contributed by atoms with Gasteiger partial charge in [-0.25, -0.2) is 4.39 Å². The molecule has 180 valence electrons. The SMILES string of the molecule is CC1CC(C)CN(CCCNC(=O)c2ccc3c(c2)N(C)C(=O)C(=Cc2ccccc2F)S3)C1. The molecule has 0 radical (unpaired) electrons. The molecule has 2 heterocycles. The number of likely N-dealkylation sites (N-methyl/N-ethyl adjacent to an activating group) is 1. The molecule has 7 heteroatoms. The van der Waals surface area contributed by atoms with Crippen molar-refractivity contribution in [3.63, 3.8) is 0 Å². The van der Waals surface area contributed by atoms with Gasteiger partial charge in [-0.3, -0.25) is 9.59 Å². The van der Waals surface area contributed by atoms with Crippen LogP contribution >= 0.6 is 11.8 Å². The van der Waals surface area contributed by atoms with Crippen LogP contribution in [0.4, 0.5) is 10.1 Å². The summed E-state index contributed by atoms with van der Waals surface area (Å²) in [7, 11) is 1.68. The van der Waals surface area contributed by atoms with Gasteiger partial charge in [-0.2, -0.15) is 0 Å². The van der Waals surface area contributed by atoms with Crippen molar-refractivity contribution < 1.29 is 14.0 Å². The van der Waals surface area contributed by atoms with Gasteiger partial charge in [0.25, 0.3) is 11.8 Å². The van der Waals surface area contributed by atoms with E-state index in [0.717, 1.165) is 42.8 Å². The molecule has 2 atom stereocenters. The van der Waals surface area contributed by atoms with Gasteiger partial charge in [0.05, 0.1) is 10.6 Å². The average molecular weight is 482 g/mol. The van der Waals surface area contributed by atoms with Gasteiger partial charge in [-0.1, -0.05) is 43.8 Å². The van der Waals surface area contributed by atoms with Crippen LogP contribution in [0.15, 0.2) is 52.3 Å². The summed E-state index contributed by atoms with van der Waals surface area (Å²) in [5.74, 6) is 0.736. The molecule has 2 aromatic rings. The standard InChI is InChI=1S/C27H32FN3O2S/c1-18-13-19(2)17-31(16-18)12-6-11-29-26(32)21-9-10-24-23(14-21)30(3)27(33)25(34-24)15-20-7-4-5-8-22(20)28/h4-5,7-10,14-15,18-19H,6,11-13,16-17H2,1-3H3,(H,29,32). The number of nitrogens with one attached hydrogen (secondary N) is 1. The van der Waals surface area contributed by atoms with Crippen molar-refractivity contribution in [2.24, 2.45) is 11.8 Å².